The van der Waals surface area contributed by atoms with Gasteiger partial charge in [0, 0.05) is 18.8 Å². The molecule has 0 aliphatic heterocycles. The summed E-state index contributed by atoms with van der Waals surface area (Å²) in [5.74, 6) is -0.466. The maximum absolute atomic E-state index is 13.8. The summed E-state index contributed by atoms with van der Waals surface area (Å²) in [4.78, 5) is 12.6. The summed E-state index contributed by atoms with van der Waals surface area (Å²) in [7, 11) is -1.45. The number of aromatic nitrogens is 1. The number of hydrogen-bond donors (Lipinski definition) is 0. The van der Waals surface area contributed by atoms with E-state index < -0.39 is 31.8 Å². The van der Waals surface area contributed by atoms with Gasteiger partial charge in [0.25, 0.3) is 0 Å². The predicted octanol–water partition coefficient (Wildman–Crippen LogP) is 4.18. The molecule has 9 heteroatoms. The fourth-order valence-electron chi connectivity index (χ4n) is 3.59. The number of nitrogens with zero attached hydrogens (tertiary/aromatic N) is 1. The van der Waals surface area contributed by atoms with E-state index in [9.17, 15) is 22.0 Å². The van der Waals surface area contributed by atoms with Crippen LogP contribution in [0.25, 0.3) is 10.9 Å². The van der Waals surface area contributed by atoms with Crippen molar-refractivity contribution in [1.29, 1.82) is 0 Å². The van der Waals surface area contributed by atoms with Crippen molar-refractivity contribution < 1.29 is 26.7 Å². The largest absolute Gasteiger partial charge is 0.493 e. The van der Waals surface area contributed by atoms with Crippen LogP contribution in [0.3, 0.4) is 0 Å². The second-order valence-electron chi connectivity index (χ2n) is 7.26. The Morgan fingerprint density at radius 3 is 2.18 bits per heavy atom. The second-order valence-corrected chi connectivity index (χ2v) is 9.18. The highest BCUT2D eigenvalue weighted by Crippen LogP contribution is 2.32. The molecule has 0 aliphatic rings. The van der Waals surface area contributed by atoms with Crippen molar-refractivity contribution >= 4 is 20.7 Å². The Hall–Kier alpha value is -3.72. The minimum Gasteiger partial charge on any atom is -0.493 e. The van der Waals surface area contributed by atoms with E-state index >= 15 is 0 Å². The molecule has 6 nitrogen and oxygen atoms in total. The summed E-state index contributed by atoms with van der Waals surface area (Å²) in [5.41, 5.74) is 0.186. The maximum atomic E-state index is 13.8. The van der Waals surface area contributed by atoms with Gasteiger partial charge in [-0.15, -0.1) is 0 Å². The first-order valence-corrected chi connectivity index (χ1v) is 11.3. The number of benzene rings is 3. The lowest BCUT2D eigenvalue weighted by molar-refractivity contribution is 0.355. The minimum atomic E-state index is -4.28. The molecule has 0 saturated carbocycles. The first-order valence-electron chi connectivity index (χ1n) is 9.79. The summed E-state index contributed by atoms with van der Waals surface area (Å²) in [6.45, 7) is 0.0793. The summed E-state index contributed by atoms with van der Waals surface area (Å²) in [6.07, 6.45) is 1.21. The lowest BCUT2D eigenvalue weighted by atomic mass is 10.1. The normalized spacial score (nSPS) is 11.5. The Labute approximate surface area is 188 Å². The fourth-order valence-corrected chi connectivity index (χ4v) is 4.95. The molecule has 0 unspecified atom stereocenters. The predicted molar refractivity (Wildman–Crippen MR) is 119 cm³/mol. The van der Waals surface area contributed by atoms with Crippen molar-refractivity contribution in [2.75, 3.05) is 14.2 Å². The number of halogens is 2. The highest BCUT2D eigenvalue weighted by molar-refractivity contribution is 7.91. The molecule has 0 aliphatic carbocycles. The molecule has 0 atom stereocenters. The van der Waals surface area contributed by atoms with E-state index in [1.165, 1.54) is 49.2 Å². The second kappa shape index (κ2) is 8.67. The third kappa shape index (κ3) is 4.19. The molecule has 1 aromatic heterocycles. The van der Waals surface area contributed by atoms with Crippen molar-refractivity contribution in [3.63, 3.8) is 0 Å². The number of sulfone groups is 1. The zero-order valence-corrected chi connectivity index (χ0v) is 18.5. The number of methoxy groups -OCH3 is 2. The summed E-state index contributed by atoms with van der Waals surface area (Å²) in [6, 6.07) is 13.0. The molecule has 0 N–H and O–H groups in total. The number of ether oxygens (including phenoxy) is 2. The van der Waals surface area contributed by atoms with Crippen LogP contribution in [0.1, 0.15) is 5.56 Å². The van der Waals surface area contributed by atoms with Crippen molar-refractivity contribution in [3.05, 3.63) is 94.3 Å². The lowest BCUT2D eigenvalue weighted by Gasteiger charge is -2.16. The van der Waals surface area contributed by atoms with Gasteiger partial charge in [-0.1, -0.05) is 12.1 Å². The van der Waals surface area contributed by atoms with Gasteiger partial charge in [0.05, 0.1) is 30.0 Å². The SMILES string of the molecule is COc1cc2c(=O)c(S(=O)(=O)c3ccc(F)cc3)cn(Cc3cccc(F)c3)c2cc1OC. The van der Waals surface area contributed by atoms with Gasteiger partial charge in [-0.3, -0.25) is 4.79 Å². The van der Waals surface area contributed by atoms with Gasteiger partial charge in [0.2, 0.25) is 15.3 Å². The van der Waals surface area contributed by atoms with Crippen LogP contribution in [-0.2, 0) is 16.4 Å². The molecule has 0 saturated heterocycles. The molecule has 4 rings (SSSR count). The first kappa shape index (κ1) is 22.5. The van der Waals surface area contributed by atoms with Crippen LogP contribution < -0.4 is 14.9 Å². The van der Waals surface area contributed by atoms with E-state index in [0.717, 1.165) is 24.3 Å². The average molecular weight is 471 g/mol. The first-order chi connectivity index (χ1) is 15.7. The Morgan fingerprint density at radius 1 is 0.879 bits per heavy atom. The summed E-state index contributed by atoms with van der Waals surface area (Å²) in [5, 5.41) is 0.0761. The van der Waals surface area contributed by atoms with Crippen LogP contribution in [-0.4, -0.2) is 27.2 Å². The summed E-state index contributed by atoms with van der Waals surface area (Å²) < 4.78 is 65.8. The van der Waals surface area contributed by atoms with Gasteiger partial charge < -0.3 is 14.0 Å². The Bertz CT molecular complexity index is 1510. The van der Waals surface area contributed by atoms with Crippen molar-refractivity contribution in [3.8, 4) is 11.5 Å². The van der Waals surface area contributed by atoms with Crippen molar-refractivity contribution in [1.82, 2.24) is 4.57 Å². The Balaban J connectivity index is 2.02. The van der Waals surface area contributed by atoms with E-state index in [1.807, 2.05) is 0 Å². The van der Waals surface area contributed by atoms with Crippen LogP contribution in [0, 0.1) is 11.6 Å². The van der Waals surface area contributed by atoms with Gasteiger partial charge in [0.15, 0.2) is 11.5 Å². The van der Waals surface area contributed by atoms with Gasteiger partial charge in [-0.25, -0.2) is 17.2 Å². The van der Waals surface area contributed by atoms with Crippen molar-refractivity contribution in [2.45, 2.75) is 16.3 Å². The summed E-state index contributed by atoms with van der Waals surface area (Å²) >= 11 is 0. The molecular weight excluding hydrogens is 452 g/mol. The zero-order valence-electron chi connectivity index (χ0n) is 17.7. The standard InChI is InChI=1S/C24H19F2NO5S/c1-31-21-11-19-20(12-22(21)32-2)27(13-15-4-3-5-17(26)10-15)14-23(24(19)28)33(29,30)18-8-6-16(25)7-9-18/h3-12,14H,13H2,1-2H3. The zero-order chi connectivity index (χ0) is 23.8. The lowest BCUT2D eigenvalue weighted by Crippen LogP contribution is -2.20. The Kier molecular flexibility index (Phi) is 5.90. The topological polar surface area (TPSA) is 74.6 Å². The molecule has 0 bridgehead atoms. The number of pyridine rings is 1. The number of hydrogen-bond acceptors (Lipinski definition) is 5. The van der Waals surface area contributed by atoms with E-state index in [2.05, 4.69) is 0 Å². The Morgan fingerprint density at radius 2 is 1.55 bits per heavy atom. The molecule has 4 aromatic rings. The quantitative estimate of drug-likeness (QED) is 0.395. The number of fused-ring (bicyclic) bond motifs is 1. The van der Waals surface area contributed by atoms with Crippen LogP contribution in [0.2, 0.25) is 0 Å². The van der Waals surface area contributed by atoms with Gasteiger partial charge in [0.1, 0.15) is 16.5 Å². The molecule has 1 heterocycles. The molecule has 0 radical (unpaired) electrons. The van der Waals surface area contributed by atoms with E-state index in [1.54, 1.807) is 12.1 Å². The van der Waals surface area contributed by atoms with Crippen LogP contribution >= 0.6 is 0 Å². The molecule has 170 valence electrons. The molecule has 0 fully saturated rings. The molecule has 33 heavy (non-hydrogen) atoms. The highest BCUT2D eigenvalue weighted by atomic mass is 32.2. The third-order valence-electron chi connectivity index (χ3n) is 5.21. The monoisotopic (exact) mass is 471 g/mol. The van der Waals surface area contributed by atoms with E-state index in [0.29, 0.717) is 16.8 Å². The fraction of sp³-hybridized carbons (Fsp3) is 0.125. The maximum Gasteiger partial charge on any atom is 0.211 e. The van der Waals surface area contributed by atoms with Gasteiger partial charge in [-0.05, 0) is 48.0 Å². The molecule has 0 amide bonds. The van der Waals surface area contributed by atoms with Crippen LogP contribution in [0.4, 0.5) is 8.78 Å². The van der Waals surface area contributed by atoms with Crippen LogP contribution in [0.5, 0.6) is 11.5 Å². The molecular formula is C24H19F2NO5S. The van der Waals surface area contributed by atoms with E-state index in [4.69, 9.17) is 9.47 Å². The van der Waals surface area contributed by atoms with Gasteiger partial charge >= 0.3 is 0 Å². The van der Waals surface area contributed by atoms with Crippen molar-refractivity contribution in [2.24, 2.45) is 0 Å². The van der Waals surface area contributed by atoms with Crippen LogP contribution in [0.15, 0.2) is 81.4 Å². The smallest absolute Gasteiger partial charge is 0.211 e. The number of rotatable bonds is 6. The minimum absolute atomic E-state index is 0.0761. The molecule has 3 aromatic carbocycles. The third-order valence-corrected chi connectivity index (χ3v) is 6.97. The molecule has 0 spiro atoms. The van der Waals surface area contributed by atoms with E-state index in [-0.39, 0.29) is 22.6 Å². The average Bonchev–Trinajstić information content (AvgIpc) is 2.80. The van der Waals surface area contributed by atoms with Gasteiger partial charge in [-0.2, -0.15) is 0 Å². The highest BCUT2D eigenvalue weighted by Gasteiger charge is 2.25.